The molecule has 0 atom stereocenters. The average molecular weight is 224 g/mol. The highest BCUT2D eigenvalue weighted by Crippen LogP contribution is 2.21. The van der Waals surface area contributed by atoms with Gasteiger partial charge in [-0.1, -0.05) is 0 Å². The molecule has 0 unspecified atom stereocenters. The van der Waals surface area contributed by atoms with Gasteiger partial charge in [0.05, 0.1) is 23.5 Å². The second-order valence-corrected chi connectivity index (χ2v) is 4.85. The SMILES string of the molecule is CCOC(=O)c1c(C)nn(C(C)(C)C)c1C. The van der Waals surface area contributed by atoms with Gasteiger partial charge in [-0.05, 0) is 41.5 Å². The molecule has 1 aromatic heterocycles. The van der Waals surface area contributed by atoms with Crippen molar-refractivity contribution in [3.8, 4) is 0 Å². The smallest absolute Gasteiger partial charge is 0.341 e. The first kappa shape index (κ1) is 12.7. The quantitative estimate of drug-likeness (QED) is 0.725. The highest BCUT2D eigenvalue weighted by molar-refractivity contribution is 5.91. The fourth-order valence-corrected chi connectivity index (χ4v) is 1.79. The summed E-state index contributed by atoms with van der Waals surface area (Å²) in [4.78, 5) is 11.8. The van der Waals surface area contributed by atoms with E-state index in [-0.39, 0.29) is 11.5 Å². The largest absolute Gasteiger partial charge is 0.462 e. The molecule has 1 heterocycles. The van der Waals surface area contributed by atoms with E-state index in [9.17, 15) is 4.79 Å². The number of nitrogens with zero attached hydrogens (tertiary/aromatic N) is 2. The maximum absolute atomic E-state index is 11.8. The van der Waals surface area contributed by atoms with Gasteiger partial charge in [0.1, 0.15) is 5.56 Å². The molecule has 0 aromatic carbocycles. The lowest BCUT2D eigenvalue weighted by molar-refractivity contribution is 0.0524. The van der Waals surface area contributed by atoms with Crippen molar-refractivity contribution in [2.24, 2.45) is 0 Å². The van der Waals surface area contributed by atoms with Gasteiger partial charge in [-0.25, -0.2) is 4.79 Å². The summed E-state index contributed by atoms with van der Waals surface area (Å²) in [6, 6.07) is 0. The average Bonchev–Trinajstić information content (AvgIpc) is 2.41. The number of esters is 1. The summed E-state index contributed by atoms with van der Waals surface area (Å²) in [5.41, 5.74) is 2.06. The number of hydrogen-bond acceptors (Lipinski definition) is 3. The minimum absolute atomic E-state index is 0.125. The van der Waals surface area contributed by atoms with Gasteiger partial charge in [-0.2, -0.15) is 5.10 Å². The zero-order valence-electron chi connectivity index (χ0n) is 10.9. The molecule has 0 saturated heterocycles. The first-order valence-electron chi connectivity index (χ1n) is 5.52. The van der Waals surface area contributed by atoms with Crippen LogP contribution in [0.3, 0.4) is 0 Å². The fourth-order valence-electron chi connectivity index (χ4n) is 1.79. The molecular weight excluding hydrogens is 204 g/mol. The molecule has 4 nitrogen and oxygen atoms in total. The maximum atomic E-state index is 11.8. The van der Waals surface area contributed by atoms with E-state index in [1.807, 2.05) is 18.5 Å². The summed E-state index contributed by atoms with van der Waals surface area (Å²) in [7, 11) is 0. The molecule has 4 heteroatoms. The van der Waals surface area contributed by atoms with Crippen LogP contribution in [0.1, 0.15) is 49.4 Å². The Morgan fingerprint density at radius 2 is 1.94 bits per heavy atom. The third kappa shape index (κ3) is 2.26. The Balaban J connectivity index is 3.23. The Morgan fingerprint density at radius 1 is 1.38 bits per heavy atom. The second kappa shape index (κ2) is 4.28. The number of carbonyl (C=O) groups excluding carboxylic acids is 1. The van der Waals surface area contributed by atoms with Crippen molar-refractivity contribution in [2.75, 3.05) is 6.61 Å². The third-order valence-electron chi connectivity index (χ3n) is 2.41. The van der Waals surface area contributed by atoms with Crippen LogP contribution in [0.5, 0.6) is 0 Å². The summed E-state index contributed by atoms with van der Waals surface area (Å²) in [5.74, 6) is -0.284. The van der Waals surface area contributed by atoms with Crippen LogP contribution in [0, 0.1) is 13.8 Å². The summed E-state index contributed by atoms with van der Waals surface area (Å²) in [6.45, 7) is 12.1. The normalized spacial score (nSPS) is 11.6. The molecule has 1 rings (SSSR count). The summed E-state index contributed by atoms with van der Waals surface area (Å²) < 4.78 is 6.89. The van der Waals surface area contributed by atoms with Gasteiger partial charge < -0.3 is 4.74 Å². The number of aromatic nitrogens is 2. The monoisotopic (exact) mass is 224 g/mol. The topological polar surface area (TPSA) is 44.1 Å². The van der Waals surface area contributed by atoms with Crippen molar-refractivity contribution in [1.82, 2.24) is 9.78 Å². The zero-order valence-corrected chi connectivity index (χ0v) is 10.9. The number of rotatable bonds is 2. The highest BCUT2D eigenvalue weighted by Gasteiger charge is 2.24. The molecule has 0 aliphatic rings. The lowest BCUT2D eigenvalue weighted by atomic mass is 10.1. The molecule has 0 saturated carbocycles. The first-order chi connectivity index (χ1) is 7.29. The van der Waals surface area contributed by atoms with E-state index in [1.54, 1.807) is 6.92 Å². The van der Waals surface area contributed by atoms with Crippen molar-refractivity contribution in [3.63, 3.8) is 0 Å². The van der Waals surface area contributed by atoms with Crippen molar-refractivity contribution >= 4 is 5.97 Å². The molecule has 0 N–H and O–H groups in total. The molecule has 0 amide bonds. The third-order valence-corrected chi connectivity index (χ3v) is 2.41. The van der Waals surface area contributed by atoms with Gasteiger partial charge in [0.2, 0.25) is 0 Å². The molecule has 0 aliphatic heterocycles. The minimum Gasteiger partial charge on any atom is -0.462 e. The molecule has 0 fully saturated rings. The predicted octanol–water partition coefficient (Wildman–Crippen LogP) is 2.43. The van der Waals surface area contributed by atoms with Gasteiger partial charge in [-0.15, -0.1) is 0 Å². The number of ether oxygens (including phenoxy) is 1. The van der Waals surface area contributed by atoms with Crippen LogP contribution < -0.4 is 0 Å². The van der Waals surface area contributed by atoms with E-state index in [4.69, 9.17) is 4.74 Å². The van der Waals surface area contributed by atoms with Crippen molar-refractivity contribution in [1.29, 1.82) is 0 Å². The Bertz CT molecular complexity index is 400. The van der Waals surface area contributed by atoms with Crippen molar-refractivity contribution in [2.45, 2.75) is 47.1 Å². The lowest BCUT2D eigenvalue weighted by Gasteiger charge is -2.21. The Morgan fingerprint density at radius 3 is 2.31 bits per heavy atom. The number of aryl methyl sites for hydroxylation is 1. The molecule has 90 valence electrons. The molecular formula is C12H20N2O2. The van der Waals surface area contributed by atoms with Crippen LogP contribution in [-0.4, -0.2) is 22.4 Å². The maximum Gasteiger partial charge on any atom is 0.341 e. The van der Waals surface area contributed by atoms with Gasteiger partial charge in [0.15, 0.2) is 0 Å². The van der Waals surface area contributed by atoms with Crippen LogP contribution >= 0.6 is 0 Å². The highest BCUT2D eigenvalue weighted by atomic mass is 16.5. The fraction of sp³-hybridized carbons (Fsp3) is 0.667. The second-order valence-electron chi connectivity index (χ2n) is 4.85. The number of hydrogen-bond donors (Lipinski definition) is 0. The van der Waals surface area contributed by atoms with Gasteiger partial charge in [-0.3, -0.25) is 4.68 Å². The molecule has 16 heavy (non-hydrogen) atoms. The van der Waals surface area contributed by atoms with Crippen LogP contribution in [-0.2, 0) is 10.3 Å². The van der Waals surface area contributed by atoms with Gasteiger partial charge >= 0.3 is 5.97 Å². The van der Waals surface area contributed by atoms with Crippen molar-refractivity contribution < 1.29 is 9.53 Å². The molecule has 0 aliphatic carbocycles. The van der Waals surface area contributed by atoms with Crippen LogP contribution in [0.15, 0.2) is 0 Å². The molecule has 0 spiro atoms. The van der Waals surface area contributed by atoms with Gasteiger partial charge in [0.25, 0.3) is 0 Å². The Hall–Kier alpha value is -1.32. The molecule has 1 aromatic rings. The van der Waals surface area contributed by atoms with Crippen LogP contribution in [0.2, 0.25) is 0 Å². The summed E-state index contributed by atoms with van der Waals surface area (Å²) in [6.07, 6.45) is 0. The summed E-state index contributed by atoms with van der Waals surface area (Å²) in [5, 5.41) is 4.40. The first-order valence-corrected chi connectivity index (χ1v) is 5.52. The van der Waals surface area contributed by atoms with Crippen LogP contribution in [0.25, 0.3) is 0 Å². The van der Waals surface area contributed by atoms with E-state index in [2.05, 4.69) is 25.9 Å². The number of carbonyl (C=O) groups is 1. The van der Waals surface area contributed by atoms with Crippen molar-refractivity contribution in [3.05, 3.63) is 17.0 Å². The van der Waals surface area contributed by atoms with E-state index < -0.39 is 0 Å². The van der Waals surface area contributed by atoms with E-state index in [1.165, 1.54) is 0 Å². The van der Waals surface area contributed by atoms with E-state index >= 15 is 0 Å². The van der Waals surface area contributed by atoms with E-state index in [0.29, 0.717) is 12.2 Å². The predicted molar refractivity (Wildman–Crippen MR) is 62.7 cm³/mol. The standard InChI is InChI=1S/C12H20N2O2/c1-7-16-11(15)10-8(2)13-14(9(10)3)12(4,5)6/h7H2,1-6H3. The minimum atomic E-state index is -0.284. The molecule has 0 radical (unpaired) electrons. The van der Waals surface area contributed by atoms with Gasteiger partial charge in [0, 0.05) is 0 Å². The Kier molecular flexibility index (Phi) is 3.41. The van der Waals surface area contributed by atoms with Crippen LogP contribution in [0.4, 0.5) is 0 Å². The molecule has 0 bridgehead atoms. The summed E-state index contributed by atoms with van der Waals surface area (Å²) >= 11 is 0. The zero-order chi connectivity index (χ0) is 12.5. The lowest BCUT2D eigenvalue weighted by Crippen LogP contribution is -2.24. The van der Waals surface area contributed by atoms with E-state index in [0.717, 1.165) is 11.4 Å². The Labute approximate surface area is 96.6 Å².